The summed E-state index contributed by atoms with van der Waals surface area (Å²) in [6, 6.07) is -0.851. The lowest BCUT2D eigenvalue weighted by Crippen LogP contribution is -2.60. The van der Waals surface area contributed by atoms with Gasteiger partial charge < -0.3 is 40.3 Å². The van der Waals surface area contributed by atoms with Gasteiger partial charge in [-0.2, -0.15) is 0 Å². The zero-order chi connectivity index (χ0) is 41.6. The topological polar surface area (TPSA) is 149 Å². The predicted octanol–water partition coefficient (Wildman–Crippen LogP) is 8.94. The van der Waals surface area contributed by atoms with Crippen molar-refractivity contribution in [2.75, 3.05) is 13.2 Å². The zero-order valence-corrected chi connectivity index (χ0v) is 35.3. The van der Waals surface area contributed by atoms with E-state index in [9.17, 15) is 30.3 Å². The van der Waals surface area contributed by atoms with Crippen molar-refractivity contribution in [1.29, 1.82) is 0 Å². The number of nitrogens with one attached hydrogen (secondary N) is 1. The van der Waals surface area contributed by atoms with Gasteiger partial charge in [0, 0.05) is 6.42 Å². The van der Waals surface area contributed by atoms with Gasteiger partial charge in [0.15, 0.2) is 6.29 Å². The van der Waals surface area contributed by atoms with Crippen molar-refractivity contribution in [3.05, 3.63) is 97.2 Å². The third-order valence-corrected chi connectivity index (χ3v) is 9.62. The first-order valence-electron chi connectivity index (χ1n) is 22.0. The second-order valence-corrected chi connectivity index (χ2v) is 14.7. The minimum Gasteiger partial charge on any atom is -0.394 e. The van der Waals surface area contributed by atoms with E-state index in [1.165, 1.54) is 32.1 Å². The van der Waals surface area contributed by atoms with Gasteiger partial charge in [0.1, 0.15) is 24.4 Å². The maximum atomic E-state index is 12.9. The quantitative estimate of drug-likeness (QED) is 0.0279. The van der Waals surface area contributed by atoms with Crippen LogP contribution >= 0.6 is 0 Å². The van der Waals surface area contributed by atoms with Crippen molar-refractivity contribution in [2.45, 2.75) is 185 Å². The Morgan fingerprint density at radius 1 is 0.614 bits per heavy atom. The van der Waals surface area contributed by atoms with Crippen LogP contribution in [-0.4, -0.2) is 87.5 Å². The molecule has 1 fully saturated rings. The van der Waals surface area contributed by atoms with Crippen LogP contribution in [0.2, 0.25) is 0 Å². The molecule has 1 saturated heterocycles. The summed E-state index contributed by atoms with van der Waals surface area (Å²) < 4.78 is 11.2. The van der Waals surface area contributed by atoms with Crippen molar-refractivity contribution in [1.82, 2.24) is 5.32 Å². The Morgan fingerprint density at radius 2 is 1.11 bits per heavy atom. The van der Waals surface area contributed by atoms with Crippen LogP contribution in [0.1, 0.15) is 142 Å². The predicted molar refractivity (Wildman–Crippen MR) is 234 cm³/mol. The lowest BCUT2D eigenvalue weighted by molar-refractivity contribution is -0.302. The summed E-state index contributed by atoms with van der Waals surface area (Å²) in [5.74, 6) is -0.229. The van der Waals surface area contributed by atoms with Crippen LogP contribution in [0.15, 0.2) is 97.2 Å². The summed E-state index contributed by atoms with van der Waals surface area (Å²) in [6.45, 7) is 3.57. The van der Waals surface area contributed by atoms with Gasteiger partial charge in [-0.05, 0) is 89.9 Å². The minimum atomic E-state index is -1.59. The number of aliphatic hydroxyl groups is 5. The largest absolute Gasteiger partial charge is 0.394 e. The first-order chi connectivity index (χ1) is 27.8. The molecule has 7 atom stereocenters. The molecule has 1 rings (SSSR count). The molecule has 7 unspecified atom stereocenters. The molecule has 57 heavy (non-hydrogen) atoms. The molecule has 9 heteroatoms. The van der Waals surface area contributed by atoms with Gasteiger partial charge in [-0.3, -0.25) is 4.79 Å². The molecule has 9 nitrogen and oxygen atoms in total. The third kappa shape index (κ3) is 28.2. The highest BCUT2D eigenvalue weighted by molar-refractivity contribution is 5.76. The van der Waals surface area contributed by atoms with Crippen LogP contribution in [0.3, 0.4) is 0 Å². The van der Waals surface area contributed by atoms with Crippen molar-refractivity contribution >= 4 is 5.91 Å². The summed E-state index contributed by atoms with van der Waals surface area (Å²) in [6.07, 6.45) is 45.9. The van der Waals surface area contributed by atoms with Gasteiger partial charge in [-0.25, -0.2) is 0 Å². The van der Waals surface area contributed by atoms with Crippen LogP contribution in [-0.2, 0) is 14.3 Å². The van der Waals surface area contributed by atoms with E-state index >= 15 is 0 Å². The van der Waals surface area contributed by atoms with Crippen molar-refractivity contribution in [3.8, 4) is 0 Å². The Labute approximate surface area is 345 Å². The highest BCUT2D eigenvalue weighted by Crippen LogP contribution is 2.22. The number of amides is 1. The lowest BCUT2D eigenvalue weighted by Gasteiger charge is -2.40. The molecule has 1 heterocycles. The molecular weight excluding hydrogens is 719 g/mol. The highest BCUT2D eigenvalue weighted by atomic mass is 16.7. The maximum Gasteiger partial charge on any atom is 0.220 e. The van der Waals surface area contributed by atoms with Crippen LogP contribution < -0.4 is 5.32 Å². The number of carbonyl (C=O) groups excluding carboxylic acids is 1. The number of unbranched alkanes of at least 4 members (excludes halogenated alkanes) is 10. The van der Waals surface area contributed by atoms with Gasteiger partial charge in [-0.15, -0.1) is 0 Å². The molecule has 0 spiro atoms. The molecule has 0 aromatic heterocycles. The molecule has 0 saturated carbocycles. The summed E-state index contributed by atoms with van der Waals surface area (Å²) in [5.41, 5.74) is 0. The van der Waals surface area contributed by atoms with Gasteiger partial charge in [0.25, 0.3) is 0 Å². The third-order valence-electron chi connectivity index (χ3n) is 9.62. The van der Waals surface area contributed by atoms with E-state index in [4.69, 9.17) is 9.47 Å². The standard InChI is InChI=1S/C48H79NO8/c1-3-5-7-9-11-13-15-17-19-20-21-22-24-26-28-30-32-34-36-38-44(52)49-41(40-56-48-47(55)46(54)45(53)43(39-50)57-48)42(51)37-35-33-31-29-27-25-23-18-16-14-12-10-8-6-4-2/h5,7,11,13,16-19,21-22,26-29,35,37,41-43,45-48,50-51,53-55H,3-4,6,8-10,12,14-15,20,23-25,30-34,36,38-40H2,1-2H3,(H,49,52)/b7-5-,13-11-,18-16+,19-17-,22-21-,28-26-,29-27+,37-35+. The van der Waals surface area contributed by atoms with Crippen molar-refractivity contribution in [2.24, 2.45) is 0 Å². The fraction of sp³-hybridized carbons (Fsp3) is 0.646. The van der Waals surface area contributed by atoms with Gasteiger partial charge in [-0.1, -0.05) is 143 Å². The highest BCUT2D eigenvalue weighted by Gasteiger charge is 2.44. The molecule has 1 amide bonds. The summed E-state index contributed by atoms with van der Waals surface area (Å²) in [4.78, 5) is 12.9. The van der Waals surface area contributed by atoms with Gasteiger partial charge in [0.2, 0.25) is 5.91 Å². The van der Waals surface area contributed by atoms with Gasteiger partial charge >= 0.3 is 0 Å². The number of aliphatic hydroxyl groups excluding tert-OH is 5. The monoisotopic (exact) mass is 798 g/mol. The van der Waals surface area contributed by atoms with Crippen molar-refractivity contribution in [3.63, 3.8) is 0 Å². The molecule has 0 radical (unpaired) electrons. The Hall–Kier alpha value is -2.89. The van der Waals surface area contributed by atoms with E-state index in [1.807, 2.05) is 6.08 Å². The molecular formula is C48H79NO8. The number of ether oxygens (including phenoxy) is 2. The molecule has 0 aromatic rings. The SMILES string of the molecule is CC/C=C\C/C=C\C/C=C\C/C=C\C/C=C\CCCCCC(=O)NC(COC1OC(CO)C(O)C(O)C1O)C(O)/C=C/CC/C=C/CC/C=C/CCCCCCC. The number of allylic oxidation sites excluding steroid dienone is 15. The summed E-state index contributed by atoms with van der Waals surface area (Å²) >= 11 is 0. The van der Waals surface area contributed by atoms with E-state index in [2.05, 4.69) is 104 Å². The van der Waals surface area contributed by atoms with Crippen LogP contribution in [0.25, 0.3) is 0 Å². The molecule has 0 aliphatic carbocycles. The fourth-order valence-electron chi connectivity index (χ4n) is 6.09. The average molecular weight is 798 g/mol. The second-order valence-electron chi connectivity index (χ2n) is 14.7. The molecule has 6 N–H and O–H groups in total. The summed E-state index contributed by atoms with van der Waals surface area (Å²) in [7, 11) is 0. The Morgan fingerprint density at radius 3 is 1.67 bits per heavy atom. The average Bonchev–Trinajstić information content (AvgIpc) is 3.21. The van der Waals surface area contributed by atoms with Crippen LogP contribution in [0.4, 0.5) is 0 Å². The molecule has 1 aliphatic heterocycles. The van der Waals surface area contributed by atoms with E-state index < -0.39 is 49.5 Å². The molecule has 1 aliphatic rings. The molecule has 0 bridgehead atoms. The molecule has 0 aromatic carbocycles. The lowest BCUT2D eigenvalue weighted by atomic mass is 9.99. The summed E-state index contributed by atoms with van der Waals surface area (Å²) in [5, 5.41) is 54.1. The molecule has 324 valence electrons. The van der Waals surface area contributed by atoms with Crippen LogP contribution in [0.5, 0.6) is 0 Å². The first-order valence-corrected chi connectivity index (χ1v) is 22.0. The first kappa shape index (κ1) is 52.1. The van der Waals surface area contributed by atoms with Crippen molar-refractivity contribution < 1.29 is 39.8 Å². The van der Waals surface area contributed by atoms with E-state index in [1.54, 1.807) is 6.08 Å². The number of hydrogen-bond acceptors (Lipinski definition) is 8. The Balaban J connectivity index is 2.46. The minimum absolute atomic E-state index is 0.226. The Bertz CT molecular complexity index is 1200. The normalized spacial score (nSPS) is 22.0. The Kier molecular flexibility index (Phi) is 34.2. The maximum absolute atomic E-state index is 12.9. The van der Waals surface area contributed by atoms with E-state index in [-0.39, 0.29) is 18.9 Å². The van der Waals surface area contributed by atoms with E-state index in [0.717, 1.165) is 77.0 Å². The van der Waals surface area contributed by atoms with E-state index in [0.29, 0.717) is 12.8 Å². The number of carbonyl (C=O) groups is 1. The second kappa shape index (κ2) is 37.4. The number of hydrogen-bond donors (Lipinski definition) is 6. The van der Waals surface area contributed by atoms with Crippen LogP contribution in [0, 0.1) is 0 Å². The fourth-order valence-corrected chi connectivity index (χ4v) is 6.09. The zero-order valence-electron chi connectivity index (χ0n) is 35.3. The number of rotatable bonds is 34. The van der Waals surface area contributed by atoms with Gasteiger partial charge in [0.05, 0.1) is 25.4 Å². The smallest absolute Gasteiger partial charge is 0.220 e.